The van der Waals surface area contributed by atoms with E-state index in [4.69, 9.17) is 33.3 Å². The summed E-state index contributed by atoms with van der Waals surface area (Å²) < 4.78 is 13.7. The first-order valence-electron chi connectivity index (χ1n) is 8.08. The highest BCUT2D eigenvalue weighted by molar-refractivity contribution is 7.71. The van der Waals surface area contributed by atoms with Crippen molar-refractivity contribution in [1.29, 1.82) is 0 Å². The van der Waals surface area contributed by atoms with E-state index in [1.54, 1.807) is 4.68 Å². The Morgan fingerprint density at radius 3 is 2.75 bits per heavy atom. The van der Waals surface area contributed by atoms with Crippen LogP contribution in [0.25, 0.3) is 0 Å². The average Bonchev–Trinajstić information content (AvgIpc) is 2.92. The maximum atomic E-state index is 6.38. The first-order valence-corrected chi connectivity index (χ1v) is 8.87. The van der Waals surface area contributed by atoms with E-state index >= 15 is 0 Å². The van der Waals surface area contributed by atoms with Gasteiger partial charge in [-0.2, -0.15) is 5.10 Å². The monoisotopic (exact) mass is 370 g/mol. The molecule has 1 aromatic heterocycles. The van der Waals surface area contributed by atoms with Gasteiger partial charge in [-0.15, -0.1) is 0 Å². The predicted octanol–water partition coefficient (Wildman–Crippen LogP) is 4.09. The predicted molar refractivity (Wildman–Crippen MR) is 98.3 cm³/mol. The average molecular weight is 371 g/mol. The molecule has 0 aliphatic rings. The lowest BCUT2D eigenvalue weighted by atomic mass is 10.2. The Morgan fingerprint density at radius 1 is 1.29 bits per heavy atom. The zero-order valence-corrected chi connectivity index (χ0v) is 15.8. The highest BCUT2D eigenvalue weighted by Gasteiger charge is 2.13. The summed E-state index contributed by atoms with van der Waals surface area (Å²) in [6.45, 7) is 7.68. The topological polar surface area (TPSA) is 64.1 Å². The third-order valence-electron chi connectivity index (χ3n) is 3.32. The number of hydrogen-bond donors (Lipinski definition) is 2. The molecule has 0 saturated heterocycles. The van der Waals surface area contributed by atoms with Gasteiger partial charge in [0.1, 0.15) is 0 Å². The number of H-pyrrole nitrogens is 1. The van der Waals surface area contributed by atoms with E-state index in [0.717, 1.165) is 24.2 Å². The van der Waals surface area contributed by atoms with Gasteiger partial charge in [0, 0.05) is 6.42 Å². The van der Waals surface area contributed by atoms with Crippen molar-refractivity contribution >= 4 is 23.8 Å². The molecule has 0 aliphatic heterocycles. The zero-order valence-electron chi connectivity index (χ0n) is 14.2. The Bertz CT molecular complexity index is 729. The molecule has 0 atom stereocenters. The van der Waals surface area contributed by atoms with Gasteiger partial charge in [-0.1, -0.05) is 25.4 Å². The van der Waals surface area contributed by atoms with Crippen LogP contribution in [0.3, 0.4) is 0 Å². The Hall–Kier alpha value is -1.73. The van der Waals surface area contributed by atoms with Crippen LogP contribution in [0.2, 0.25) is 5.02 Å². The maximum Gasteiger partial charge on any atom is 0.214 e. The molecule has 1 heterocycles. The van der Waals surface area contributed by atoms with Crippen LogP contribution in [0.5, 0.6) is 11.5 Å². The van der Waals surface area contributed by atoms with Gasteiger partial charge in [0.25, 0.3) is 0 Å². The number of nitrogens with zero attached hydrogens (tertiary/aromatic N) is 2. The lowest BCUT2D eigenvalue weighted by Gasteiger charge is -2.16. The molecule has 2 rings (SSSR count). The van der Waals surface area contributed by atoms with Crippen molar-refractivity contribution in [2.75, 3.05) is 18.6 Å². The molecule has 1 aromatic carbocycles. The minimum Gasteiger partial charge on any atom is -0.490 e. The van der Waals surface area contributed by atoms with Crippen LogP contribution in [-0.4, -0.2) is 28.1 Å². The van der Waals surface area contributed by atoms with Gasteiger partial charge in [-0.3, -0.25) is 5.10 Å². The van der Waals surface area contributed by atoms with Crippen LogP contribution < -0.4 is 14.9 Å². The first kappa shape index (κ1) is 18.6. The molecule has 0 saturated carbocycles. The largest absolute Gasteiger partial charge is 0.490 e. The Kier molecular flexibility index (Phi) is 6.93. The fourth-order valence-corrected chi connectivity index (χ4v) is 2.73. The number of benzene rings is 1. The van der Waals surface area contributed by atoms with E-state index in [1.807, 2.05) is 32.9 Å². The van der Waals surface area contributed by atoms with Crippen LogP contribution in [-0.2, 0) is 13.0 Å². The van der Waals surface area contributed by atoms with Crippen LogP contribution in [0.1, 0.15) is 38.6 Å². The molecule has 2 aromatic rings. The smallest absolute Gasteiger partial charge is 0.214 e. The number of halogens is 1. The van der Waals surface area contributed by atoms with Gasteiger partial charge in [-0.25, -0.2) is 4.68 Å². The molecule has 0 amide bonds. The molecule has 2 N–H and O–H groups in total. The fourth-order valence-electron chi connectivity index (χ4n) is 2.23. The highest BCUT2D eigenvalue weighted by Crippen LogP contribution is 2.36. The standard InChI is InChI=1S/C16H23ClN4O2S/c1-4-7-23-15-12(17)8-11(9-13(15)22-6-3)10-18-21-14(5-2)19-20-16(21)24/h8-9,18H,4-7,10H2,1-3H3,(H,20,24). The second-order valence-electron chi connectivity index (χ2n) is 5.16. The fraction of sp³-hybridized carbons (Fsp3) is 0.500. The van der Waals surface area contributed by atoms with Crippen molar-refractivity contribution in [3.63, 3.8) is 0 Å². The molecule has 0 aliphatic carbocycles. The number of aryl methyl sites for hydroxylation is 1. The number of aromatic amines is 1. The molecule has 0 radical (unpaired) electrons. The Balaban J connectivity index is 2.21. The van der Waals surface area contributed by atoms with Crippen molar-refractivity contribution in [3.8, 4) is 11.5 Å². The Morgan fingerprint density at radius 2 is 2.08 bits per heavy atom. The third kappa shape index (κ3) is 4.42. The number of hydrogen-bond acceptors (Lipinski definition) is 5. The molecule has 0 spiro atoms. The van der Waals surface area contributed by atoms with Gasteiger partial charge in [-0.05, 0) is 43.3 Å². The van der Waals surface area contributed by atoms with Crippen LogP contribution in [0, 0.1) is 4.77 Å². The van der Waals surface area contributed by atoms with Crippen LogP contribution >= 0.6 is 23.8 Å². The maximum absolute atomic E-state index is 6.38. The molecule has 8 heteroatoms. The van der Waals surface area contributed by atoms with Crippen LogP contribution in [0.15, 0.2) is 12.1 Å². The van der Waals surface area contributed by atoms with Gasteiger partial charge < -0.3 is 14.9 Å². The third-order valence-corrected chi connectivity index (χ3v) is 3.87. The van der Waals surface area contributed by atoms with Gasteiger partial charge in [0.2, 0.25) is 4.77 Å². The van der Waals surface area contributed by atoms with E-state index in [2.05, 4.69) is 15.6 Å². The minimum atomic E-state index is 0.533. The molecule has 0 unspecified atom stereocenters. The van der Waals surface area contributed by atoms with E-state index in [1.165, 1.54) is 0 Å². The molecule has 6 nitrogen and oxygen atoms in total. The molecule has 24 heavy (non-hydrogen) atoms. The number of ether oxygens (including phenoxy) is 2. The molecule has 0 fully saturated rings. The van der Waals surface area contributed by atoms with Gasteiger partial charge in [0.05, 0.1) is 24.8 Å². The number of aromatic nitrogens is 3. The molecular weight excluding hydrogens is 348 g/mol. The zero-order chi connectivity index (χ0) is 17.5. The van der Waals surface area contributed by atoms with Crippen molar-refractivity contribution in [2.45, 2.75) is 40.2 Å². The summed E-state index contributed by atoms with van der Waals surface area (Å²) in [5.74, 6) is 2.10. The summed E-state index contributed by atoms with van der Waals surface area (Å²) in [6.07, 6.45) is 1.68. The van der Waals surface area contributed by atoms with Gasteiger partial charge >= 0.3 is 0 Å². The summed E-state index contributed by atoms with van der Waals surface area (Å²) in [7, 11) is 0. The van der Waals surface area contributed by atoms with Gasteiger partial charge in [0.15, 0.2) is 17.3 Å². The van der Waals surface area contributed by atoms with Crippen molar-refractivity contribution in [2.24, 2.45) is 0 Å². The molecular formula is C16H23ClN4O2S. The quantitative estimate of drug-likeness (QED) is 0.651. The first-order chi connectivity index (χ1) is 11.6. The SMILES string of the molecule is CCCOc1c(Cl)cc(CNn2c(CC)n[nH]c2=S)cc1OCC. The van der Waals surface area contributed by atoms with Crippen molar-refractivity contribution in [3.05, 3.63) is 33.3 Å². The second-order valence-corrected chi connectivity index (χ2v) is 5.95. The van der Waals surface area contributed by atoms with E-state index < -0.39 is 0 Å². The van der Waals surface area contributed by atoms with E-state index in [-0.39, 0.29) is 0 Å². The number of nitrogens with one attached hydrogen (secondary N) is 2. The van der Waals surface area contributed by atoms with Crippen LogP contribution in [0.4, 0.5) is 0 Å². The van der Waals surface area contributed by atoms with Crippen molar-refractivity contribution in [1.82, 2.24) is 14.9 Å². The van der Waals surface area contributed by atoms with Crippen molar-refractivity contribution < 1.29 is 9.47 Å². The minimum absolute atomic E-state index is 0.533. The lowest BCUT2D eigenvalue weighted by molar-refractivity contribution is 0.277. The summed E-state index contributed by atoms with van der Waals surface area (Å²) in [5.41, 5.74) is 4.22. The highest BCUT2D eigenvalue weighted by atomic mass is 35.5. The summed E-state index contributed by atoms with van der Waals surface area (Å²) in [4.78, 5) is 0. The molecule has 132 valence electrons. The number of rotatable bonds is 9. The summed E-state index contributed by atoms with van der Waals surface area (Å²) in [6, 6.07) is 3.81. The van der Waals surface area contributed by atoms with E-state index in [9.17, 15) is 0 Å². The molecule has 0 bridgehead atoms. The second kappa shape index (κ2) is 8.94. The summed E-state index contributed by atoms with van der Waals surface area (Å²) >= 11 is 11.6. The summed E-state index contributed by atoms with van der Waals surface area (Å²) in [5, 5.41) is 7.49. The Labute approximate surface area is 152 Å². The normalized spacial score (nSPS) is 10.7. The van der Waals surface area contributed by atoms with E-state index in [0.29, 0.717) is 41.1 Å². The lowest BCUT2D eigenvalue weighted by Crippen LogP contribution is -2.17.